The average Bonchev–Trinajstić information content (AvgIpc) is 2.76. The normalized spacial score (nSPS) is 11.0. The maximum atomic E-state index is 5.92. The molecule has 0 radical (unpaired) electrons. The van der Waals surface area contributed by atoms with Gasteiger partial charge in [0.1, 0.15) is 29.0 Å². The third-order valence-corrected chi connectivity index (χ3v) is 2.94. The van der Waals surface area contributed by atoms with Gasteiger partial charge in [-0.1, -0.05) is 13.8 Å². The lowest BCUT2D eigenvalue weighted by atomic mass is 10.2. The fraction of sp³-hybridized carbons (Fsp3) is 0.429. The zero-order valence-corrected chi connectivity index (χ0v) is 11.8. The van der Waals surface area contributed by atoms with Crippen LogP contribution < -0.4 is 11.1 Å². The molecule has 0 aromatic carbocycles. The van der Waals surface area contributed by atoms with Gasteiger partial charge in [0, 0.05) is 11.5 Å². The second-order valence-electron chi connectivity index (χ2n) is 4.96. The van der Waals surface area contributed by atoms with Crippen molar-refractivity contribution in [1.82, 2.24) is 9.97 Å². The van der Waals surface area contributed by atoms with Crippen molar-refractivity contribution in [1.29, 1.82) is 0 Å². The number of furan rings is 1. The van der Waals surface area contributed by atoms with Gasteiger partial charge in [0.15, 0.2) is 0 Å². The summed E-state index contributed by atoms with van der Waals surface area (Å²) in [6.07, 6.45) is 0. The zero-order valence-electron chi connectivity index (χ0n) is 11.8. The number of nitrogen functional groups attached to an aromatic ring is 1. The van der Waals surface area contributed by atoms with Crippen LogP contribution >= 0.6 is 0 Å². The lowest BCUT2D eigenvalue weighted by molar-refractivity contribution is 0.490. The number of nitrogens with one attached hydrogen (secondary N) is 1. The maximum absolute atomic E-state index is 5.92. The Morgan fingerprint density at radius 2 is 2.00 bits per heavy atom. The molecule has 0 amide bonds. The summed E-state index contributed by atoms with van der Waals surface area (Å²) in [6, 6.07) is 3.89. The van der Waals surface area contributed by atoms with Crippen molar-refractivity contribution in [2.24, 2.45) is 0 Å². The summed E-state index contributed by atoms with van der Waals surface area (Å²) in [5.41, 5.74) is 6.79. The molecule has 102 valence electrons. The number of nitrogens with two attached hydrogens (primary N) is 1. The summed E-state index contributed by atoms with van der Waals surface area (Å²) >= 11 is 0. The van der Waals surface area contributed by atoms with Crippen molar-refractivity contribution in [3.63, 3.8) is 0 Å². The van der Waals surface area contributed by atoms with Crippen molar-refractivity contribution >= 4 is 11.6 Å². The Balaban J connectivity index is 2.19. The van der Waals surface area contributed by atoms with Crippen LogP contribution in [0.3, 0.4) is 0 Å². The number of hydrogen-bond acceptors (Lipinski definition) is 5. The van der Waals surface area contributed by atoms with E-state index in [0.29, 0.717) is 12.4 Å². The molecule has 0 aliphatic rings. The molecule has 0 aliphatic heterocycles. The monoisotopic (exact) mass is 260 g/mol. The minimum absolute atomic E-state index is 0.245. The fourth-order valence-corrected chi connectivity index (χ4v) is 1.73. The highest BCUT2D eigenvalue weighted by Gasteiger charge is 2.11. The van der Waals surface area contributed by atoms with Crippen molar-refractivity contribution in [2.75, 3.05) is 11.1 Å². The summed E-state index contributed by atoms with van der Waals surface area (Å²) < 4.78 is 5.52. The predicted octanol–water partition coefficient (Wildman–Crippen LogP) is 3.00. The molecule has 2 heterocycles. The van der Waals surface area contributed by atoms with Crippen LogP contribution in [0.1, 0.15) is 42.7 Å². The molecule has 0 spiro atoms. The molecule has 3 N–H and O–H groups in total. The number of hydrogen-bond donors (Lipinski definition) is 2. The van der Waals surface area contributed by atoms with E-state index in [1.807, 2.05) is 39.8 Å². The van der Waals surface area contributed by atoms with Gasteiger partial charge in [-0.3, -0.25) is 0 Å². The third-order valence-electron chi connectivity index (χ3n) is 2.94. The summed E-state index contributed by atoms with van der Waals surface area (Å²) in [7, 11) is 0. The Morgan fingerprint density at radius 3 is 2.58 bits per heavy atom. The summed E-state index contributed by atoms with van der Waals surface area (Å²) in [5, 5.41) is 3.25. The van der Waals surface area contributed by atoms with Crippen LogP contribution in [0.15, 0.2) is 16.5 Å². The van der Waals surface area contributed by atoms with E-state index in [4.69, 9.17) is 10.2 Å². The van der Waals surface area contributed by atoms with Gasteiger partial charge < -0.3 is 15.5 Å². The van der Waals surface area contributed by atoms with E-state index < -0.39 is 0 Å². The molecule has 0 atom stereocenters. The molecule has 0 fully saturated rings. The second-order valence-corrected chi connectivity index (χ2v) is 4.96. The average molecular weight is 260 g/mol. The van der Waals surface area contributed by atoms with E-state index >= 15 is 0 Å². The van der Waals surface area contributed by atoms with E-state index in [0.717, 1.165) is 28.7 Å². The van der Waals surface area contributed by atoms with Crippen molar-refractivity contribution in [3.8, 4) is 0 Å². The predicted molar refractivity (Wildman–Crippen MR) is 76.0 cm³/mol. The van der Waals surface area contributed by atoms with Gasteiger partial charge in [0.2, 0.25) is 0 Å². The molecular weight excluding hydrogens is 240 g/mol. The van der Waals surface area contributed by atoms with Crippen molar-refractivity contribution in [2.45, 2.75) is 40.2 Å². The van der Waals surface area contributed by atoms with Crippen LogP contribution in [-0.4, -0.2) is 9.97 Å². The third kappa shape index (κ3) is 3.05. The number of rotatable bonds is 4. The van der Waals surface area contributed by atoms with E-state index in [2.05, 4.69) is 15.3 Å². The van der Waals surface area contributed by atoms with Crippen LogP contribution in [0, 0.1) is 13.8 Å². The maximum Gasteiger partial charge on any atom is 0.135 e. The minimum Gasteiger partial charge on any atom is -0.465 e. The smallest absolute Gasteiger partial charge is 0.135 e. The first-order valence-electron chi connectivity index (χ1n) is 6.40. The number of aryl methyl sites for hydroxylation is 1. The van der Waals surface area contributed by atoms with Crippen LogP contribution in [0.2, 0.25) is 0 Å². The van der Waals surface area contributed by atoms with Crippen LogP contribution in [0.25, 0.3) is 0 Å². The highest BCUT2D eigenvalue weighted by molar-refractivity contribution is 5.55. The van der Waals surface area contributed by atoms with E-state index in [9.17, 15) is 0 Å². The lowest BCUT2D eigenvalue weighted by Gasteiger charge is -2.12. The molecule has 5 nitrogen and oxygen atoms in total. The largest absolute Gasteiger partial charge is 0.465 e. The lowest BCUT2D eigenvalue weighted by Crippen LogP contribution is -2.10. The van der Waals surface area contributed by atoms with Crippen LogP contribution in [-0.2, 0) is 6.54 Å². The molecule has 0 saturated heterocycles. The summed E-state index contributed by atoms with van der Waals surface area (Å²) in [4.78, 5) is 8.81. The Bertz CT molecular complexity index is 575. The highest BCUT2D eigenvalue weighted by atomic mass is 16.3. The molecule has 2 rings (SSSR count). The number of anilines is 2. The van der Waals surface area contributed by atoms with Crippen LogP contribution in [0.5, 0.6) is 0 Å². The Labute approximate surface area is 113 Å². The van der Waals surface area contributed by atoms with Crippen molar-refractivity contribution in [3.05, 3.63) is 35.0 Å². The Hall–Kier alpha value is -2.04. The standard InChI is InChI=1S/C14H20N4O/c1-8(2)13-17-12(15)10(4)14(18-13)16-7-11-6-5-9(3)19-11/h5-6,8H,7H2,1-4H3,(H3,15,16,17,18). The molecular formula is C14H20N4O. The molecule has 0 aliphatic carbocycles. The first-order valence-corrected chi connectivity index (χ1v) is 6.40. The van der Waals surface area contributed by atoms with E-state index in [-0.39, 0.29) is 5.92 Å². The number of aromatic nitrogens is 2. The molecule has 2 aromatic heterocycles. The van der Waals surface area contributed by atoms with Gasteiger partial charge in [-0.05, 0) is 26.0 Å². The summed E-state index contributed by atoms with van der Waals surface area (Å²) in [5.74, 6) is 4.07. The van der Waals surface area contributed by atoms with Gasteiger partial charge in [0.25, 0.3) is 0 Å². The van der Waals surface area contributed by atoms with Crippen molar-refractivity contribution < 1.29 is 4.42 Å². The first kappa shape index (κ1) is 13.4. The SMILES string of the molecule is Cc1ccc(CNc2nc(C(C)C)nc(N)c2C)o1. The molecule has 0 bridgehead atoms. The van der Waals surface area contributed by atoms with Crippen LogP contribution in [0.4, 0.5) is 11.6 Å². The first-order chi connectivity index (χ1) is 8.97. The van der Waals surface area contributed by atoms with Gasteiger partial charge in [-0.15, -0.1) is 0 Å². The van der Waals surface area contributed by atoms with Gasteiger partial charge in [0.05, 0.1) is 6.54 Å². The Morgan fingerprint density at radius 1 is 1.26 bits per heavy atom. The van der Waals surface area contributed by atoms with Gasteiger partial charge in [-0.2, -0.15) is 0 Å². The topological polar surface area (TPSA) is 77.0 Å². The molecule has 19 heavy (non-hydrogen) atoms. The molecule has 0 saturated carbocycles. The quantitative estimate of drug-likeness (QED) is 0.883. The minimum atomic E-state index is 0.245. The number of nitrogens with zero attached hydrogens (tertiary/aromatic N) is 2. The Kier molecular flexibility index (Phi) is 3.74. The molecule has 0 unspecified atom stereocenters. The van der Waals surface area contributed by atoms with Gasteiger partial charge in [-0.25, -0.2) is 9.97 Å². The van der Waals surface area contributed by atoms with E-state index in [1.165, 1.54) is 0 Å². The summed E-state index contributed by atoms with van der Waals surface area (Å²) in [6.45, 7) is 8.51. The zero-order chi connectivity index (χ0) is 14.0. The van der Waals surface area contributed by atoms with E-state index in [1.54, 1.807) is 0 Å². The molecule has 5 heteroatoms. The molecule has 2 aromatic rings. The second kappa shape index (κ2) is 5.30. The highest BCUT2D eigenvalue weighted by Crippen LogP contribution is 2.21. The van der Waals surface area contributed by atoms with Gasteiger partial charge >= 0.3 is 0 Å². The fourth-order valence-electron chi connectivity index (χ4n) is 1.73.